The molecule has 0 unspecified atom stereocenters. The van der Waals surface area contributed by atoms with E-state index in [2.05, 4.69) is 15.2 Å². The molecule has 3 aromatic rings. The Bertz CT molecular complexity index is 997. The molecule has 30 heavy (non-hydrogen) atoms. The summed E-state index contributed by atoms with van der Waals surface area (Å²) in [5.74, 6) is 0.171. The average molecular weight is 411 g/mol. The van der Waals surface area contributed by atoms with Gasteiger partial charge in [0.1, 0.15) is 5.76 Å². The van der Waals surface area contributed by atoms with Crippen LogP contribution < -0.4 is 0 Å². The molecule has 0 bridgehead atoms. The van der Waals surface area contributed by atoms with Crippen molar-refractivity contribution >= 4 is 11.9 Å². The molecule has 1 amide bonds. The average Bonchev–Trinajstić information content (AvgIpc) is 3.40. The summed E-state index contributed by atoms with van der Waals surface area (Å²) >= 11 is 0. The predicted octanol–water partition coefficient (Wildman–Crippen LogP) is 2.84. The zero-order chi connectivity index (χ0) is 21.5. The van der Waals surface area contributed by atoms with E-state index in [-0.39, 0.29) is 18.2 Å². The minimum absolute atomic E-state index is 0.126. The van der Waals surface area contributed by atoms with Gasteiger partial charge in [0.05, 0.1) is 30.3 Å². The molecular formula is C21H25N5O4. The Balaban J connectivity index is 1.77. The highest BCUT2D eigenvalue weighted by molar-refractivity contribution is 5.97. The molecule has 0 spiro atoms. The number of hydrogen-bond acceptors (Lipinski definition) is 7. The summed E-state index contributed by atoms with van der Waals surface area (Å²) < 4.78 is 10.6. The number of oxazole rings is 1. The summed E-state index contributed by atoms with van der Waals surface area (Å²) in [5, 5.41) is 8.28. The molecule has 2 aromatic heterocycles. The van der Waals surface area contributed by atoms with Gasteiger partial charge in [-0.15, -0.1) is 0 Å². The first-order valence-corrected chi connectivity index (χ1v) is 9.93. The third kappa shape index (κ3) is 4.73. The largest absolute Gasteiger partial charge is 0.461 e. The van der Waals surface area contributed by atoms with Gasteiger partial charge in [0.25, 0.3) is 5.91 Å². The van der Waals surface area contributed by atoms with E-state index in [1.54, 1.807) is 43.3 Å². The van der Waals surface area contributed by atoms with Crippen LogP contribution in [0.15, 0.2) is 41.1 Å². The Morgan fingerprint density at radius 1 is 1.13 bits per heavy atom. The summed E-state index contributed by atoms with van der Waals surface area (Å²) in [7, 11) is 0. The first-order chi connectivity index (χ1) is 14.5. The van der Waals surface area contributed by atoms with E-state index in [1.165, 1.54) is 4.80 Å². The van der Waals surface area contributed by atoms with Crippen molar-refractivity contribution in [3.05, 3.63) is 59.6 Å². The van der Waals surface area contributed by atoms with Gasteiger partial charge in [0.2, 0.25) is 0 Å². The summed E-state index contributed by atoms with van der Waals surface area (Å²) in [6.45, 7) is 6.66. The molecule has 0 aliphatic rings. The molecule has 0 saturated heterocycles. The molecule has 0 radical (unpaired) electrons. The minimum Gasteiger partial charge on any atom is -0.461 e. The summed E-state index contributed by atoms with van der Waals surface area (Å²) in [5.41, 5.74) is 1.30. The lowest BCUT2D eigenvalue weighted by molar-refractivity contribution is 0.0518. The number of benzene rings is 1. The van der Waals surface area contributed by atoms with Gasteiger partial charge in [0, 0.05) is 19.5 Å². The van der Waals surface area contributed by atoms with Crippen LogP contribution in [-0.4, -0.2) is 56.5 Å². The Morgan fingerprint density at radius 2 is 1.87 bits per heavy atom. The maximum absolute atomic E-state index is 13.3. The van der Waals surface area contributed by atoms with Gasteiger partial charge in [0.15, 0.2) is 11.6 Å². The second kappa shape index (κ2) is 9.82. The van der Waals surface area contributed by atoms with E-state index >= 15 is 0 Å². The van der Waals surface area contributed by atoms with Crippen LogP contribution in [0.25, 0.3) is 5.69 Å². The Kier molecular flexibility index (Phi) is 6.95. The van der Waals surface area contributed by atoms with Gasteiger partial charge in [-0.05, 0) is 32.4 Å². The standard InChI is InChI=1S/C21H25N5O4/c1-4-13-25(14-10-18-24-19(15(3)30-18)21(28)29-5-2)20(27)16-8-6-7-9-17(16)26-22-11-12-23-26/h6-9,11-12H,4-5,10,13-14H2,1-3H3. The van der Waals surface area contributed by atoms with Crippen molar-refractivity contribution in [2.45, 2.75) is 33.6 Å². The van der Waals surface area contributed by atoms with E-state index in [9.17, 15) is 9.59 Å². The molecule has 0 aliphatic carbocycles. The van der Waals surface area contributed by atoms with Crippen LogP contribution in [0.1, 0.15) is 52.8 Å². The predicted molar refractivity (Wildman–Crippen MR) is 108 cm³/mol. The fourth-order valence-corrected chi connectivity index (χ4v) is 3.10. The Hall–Kier alpha value is -3.49. The fraction of sp³-hybridized carbons (Fsp3) is 0.381. The zero-order valence-corrected chi connectivity index (χ0v) is 17.4. The molecule has 0 saturated carbocycles. The first kappa shape index (κ1) is 21.2. The minimum atomic E-state index is -0.507. The monoisotopic (exact) mass is 411 g/mol. The number of carbonyl (C=O) groups is 2. The summed E-state index contributed by atoms with van der Waals surface area (Å²) in [4.78, 5) is 32.6. The fourth-order valence-electron chi connectivity index (χ4n) is 3.10. The number of amides is 1. The molecule has 2 heterocycles. The number of esters is 1. The molecule has 158 valence electrons. The van der Waals surface area contributed by atoms with Gasteiger partial charge >= 0.3 is 5.97 Å². The molecule has 0 fully saturated rings. The van der Waals surface area contributed by atoms with Crippen LogP contribution in [0.3, 0.4) is 0 Å². The van der Waals surface area contributed by atoms with E-state index < -0.39 is 5.97 Å². The zero-order valence-electron chi connectivity index (χ0n) is 17.4. The maximum Gasteiger partial charge on any atom is 0.360 e. The van der Waals surface area contributed by atoms with E-state index in [0.29, 0.717) is 42.4 Å². The lowest BCUT2D eigenvalue weighted by atomic mass is 10.1. The number of carbonyl (C=O) groups excluding carboxylic acids is 2. The highest BCUT2D eigenvalue weighted by Gasteiger charge is 2.22. The number of aromatic nitrogens is 4. The van der Waals surface area contributed by atoms with Crippen molar-refractivity contribution in [2.24, 2.45) is 0 Å². The van der Waals surface area contributed by atoms with Crippen LogP contribution in [0.4, 0.5) is 0 Å². The van der Waals surface area contributed by atoms with E-state index in [1.807, 2.05) is 19.1 Å². The molecule has 3 rings (SSSR count). The van der Waals surface area contributed by atoms with Crippen molar-refractivity contribution in [1.29, 1.82) is 0 Å². The molecule has 0 aliphatic heterocycles. The number of para-hydroxylation sites is 1. The van der Waals surface area contributed by atoms with Crippen LogP contribution >= 0.6 is 0 Å². The Labute approximate surface area is 174 Å². The normalized spacial score (nSPS) is 10.8. The molecule has 0 atom stereocenters. The van der Waals surface area contributed by atoms with Crippen molar-refractivity contribution in [2.75, 3.05) is 19.7 Å². The summed E-state index contributed by atoms with van der Waals surface area (Å²) in [6.07, 6.45) is 4.31. The van der Waals surface area contributed by atoms with Gasteiger partial charge in [-0.2, -0.15) is 15.0 Å². The first-order valence-electron chi connectivity index (χ1n) is 9.93. The maximum atomic E-state index is 13.3. The van der Waals surface area contributed by atoms with Gasteiger partial charge in [-0.25, -0.2) is 9.78 Å². The number of rotatable bonds is 9. The van der Waals surface area contributed by atoms with Crippen molar-refractivity contribution < 1.29 is 18.7 Å². The summed E-state index contributed by atoms with van der Waals surface area (Å²) in [6, 6.07) is 7.22. The van der Waals surface area contributed by atoms with Crippen LogP contribution in [0.5, 0.6) is 0 Å². The van der Waals surface area contributed by atoms with Crippen molar-refractivity contribution in [1.82, 2.24) is 24.9 Å². The van der Waals surface area contributed by atoms with Gasteiger partial charge < -0.3 is 14.1 Å². The molecule has 0 N–H and O–H groups in total. The smallest absolute Gasteiger partial charge is 0.360 e. The van der Waals surface area contributed by atoms with Gasteiger partial charge in [-0.1, -0.05) is 19.1 Å². The van der Waals surface area contributed by atoms with Gasteiger partial charge in [-0.3, -0.25) is 4.79 Å². The van der Waals surface area contributed by atoms with E-state index in [0.717, 1.165) is 6.42 Å². The number of ether oxygens (including phenoxy) is 1. The quantitative estimate of drug-likeness (QED) is 0.499. The second-order valence-electron chi connectivity index (χ2n) is 6.61. The lowest BCUT2D eigenvalue weighted by Crippen LogP contribution is -2.34. The SMILES string of the molecule is CCCN(CCc1nc(C(=O)OCC)c(C)o1)C(=O)c1ccccc1-n1nccn1. The van der Waals surface area contributed by atoms with Crippen LogP contribution in [0.2, 0.25) is 0 Å². The van der Waals surface area contributed by atoms with Crippen LogP contribution in [0, 0.1) is 6.92 Å². The molecule has 9 heteroatoms. The van der Waals surface area contributed by atoms with Crippen LogP contribution in [-0.2, 0) is 11.2 Å². The number of nitrogens with zero attached hydrogens (tertiary/aromatic N) is 5. The lowest BCUT2D eigenvalue weighted by Gasteiger charge is -2.22. The number of hydrogen-bond donors (Lipinski definition) is 0. The topological polar surface area (TPSA) is 103 Å². The molecular weight excluding hydrogens is 386 g/mol. The van der Waals surface area contributed by atoms with Crippen molar-refractivity contribution in [3.63, 3.8) is 0 Å². The van der Waals surface area contributed by atoms with E-state index in [4.69, 9.17) is 9.15 Å². The highest BCUT2D eigenvalue weighted by atomic mass is 16.5. The Morgan fingerprint density at radius 3 is 2.57 bits per heavy atom. The third-order valence-electron chi connectivity index (χ3n) is 4.45. The highest BCUT2D eigenvalue weighted by Crippen LogP contribution is 2.17. The van der Waals surface area contributed by atoms with Crippen molar-refractivity contribution in [3.8, 4) is 5.69 Å². The molecule has 9 nitrogen and oxygen atoms in total. The number of aryl methyl sites for hydroxylation is 1. The molecule has 1 aromatic carbocycles. The second-order valence-corrected chi connectivity index (χ2v) is 6.61. The third-order valence-corrected chi connectivity index (χ3v) is 4.45.